The van der Waals surface area contributed by atoms with Gasteiger partial charge in [-0.3, -0.25) is 4.79 Å². The number of benzene rings is 2. The molecule has 154 valence electrons. The van der Waals surface area contributed by atoms with Gasteiger partial charge in [-0.05, 0) is 61.4 Å². The van der Waals surface area contributed by atoms with E-state index in [4.69, 9.17) is 0 Å². The molecule has 2 aliphatic rings. The van der Waals surface area contributed by atoms with Gasteiger partial charge in [-0.2, -0.15) is 4.31 Å². The van der Waals surface area contributed by atoms with E-state index in [-0.39, 0.29) is 16.6 Å². The van der Waals surface area contributed by atoms with E-state index in [1.54, 1.807) is 35.2 Å². The highest BCUT2D eigenvalue weighted by molar-refractivity contribution is 7.89. The number of anilines is 2. The van der Waals surface area contributed by atoms with Crippen LogP contribution in [0.1, 0.15) is 18.4 Å². The summed E-state index contributed by atoms with van der Waals surface area (Å²) in [7, 11) is -3.61. The van der Waals surface area contributed by atoms with Gasteiger partial charge >= 0.3 is 0 Å². The molecular weight excluding hydrogens is 393 g/mol. The summed E-state index contributed by atoms with van der Waals surface area (Å²) < 4.78 is 40.8. The first-order valence-corrected chi connectivity index (χ1v) is 11.2. The lowest BCUT2D eigenvalue weighted by Crippen LogP contribution is -2.48. The van der Waals surface area contributed by atoms with Crippen LogP contribution in [0, 0.1) is 12.7 Å². The average molecular weight is 418 g/mol. The van der Waals surface area contributed by atoms with E-state index < -0.39 is 10.0 Å². The van der Waals surface area contributed by atoms with Gasteiger partial charge in [-0.25, -0.2) is 12.8 Å². The van der Waals surface area contributed by atoms with Gasteiger partial charge in [0.05, 0.1) is 4.90 Å². The maximum absolute atomic E-state index is 13.1. The van der Waals surface area contributed by atoms with Crippen molar-refractivity contribution in [1.82, 2.24) is 4.31 Å². The van der Waals surface area contributed by atoms with Gasteiger partial charge in [-0.15, -0.1) is 0 Å². The first kappa shape index (κ1) is 19.8. The Hall–Kier alpha value is -2.45. The Morgan fingerprint density at radius 3 is 2.21 bits per heavy atom. The van der Waals surface area contributed by atoms with Crippen LogP contribution in [0.3, 0.4) is 0 Å². The molecule has 0 unspecified atom stereocenters. The van der Waals surface area contributed by atoms with Crippen LogP contribution < -0.4 is 9.80 Å². The van der Waals surface area contributed by atoms with Gasteiger partial charge in [0.1, 0.15) is 5.82 Å². The van der Waals surface area contributed by atoms with Crippen molar-refractivity contribution in [3.05, 3.63) is 53.8 Å². The summed E-state index contributed by atoms with van der Waals surface area (Å²) in [6.45, 7) is 4.34. The van der Waals surface area contributed by atoms with E-state index >= 15 is 0 Å². The van der Waals surface area contributed by atoms with Crippen molar-refractivity contribution in [2.45, 2.75) is 24.7 Å². The Bertz CT molecular complexity index is 1020. The second kappa shape index (κ2) is 7.76. The summed E-state index contributed by atoms with van der Waals surface area (Å²) in [6.07, 6.45) is 1.37. The minimum Gasteiger partial charge on any atom is -0.369 e. The van der Waals surface area contributed by atoms with Crippen LogP contribution in [0.25, 0.3) is 0 Å². The summed E-state index contributed by atoms with van der Waals surface area (Å²) in [5, 5.41) is 0. The van der Waals surface area contributed by atoms with Crippen molar-refractivity contribution in [3.8, 4) is 0 Å². The molecule has 29 heavy (non-hydrogen) atoms. The number of aryl methyl sites for hydroxylation is 1. The zero-order chi connectivity index (χ0) is 20.6. The molecule has 2 aliphatic heterocycles. The molecule has 0 aliphatic carbocycles. The molecule has 8 heteroatoms. The van der Waals surface area contributed by atoms with Crippen molar-refractivity contribution in [2.75, 3.05) is 42.5 Å². The molecule has 4 rings (SSSR count). The minimum absolute atomic E-state index is 0.0839. The van der Waals surface area contributed by atoms with Gasteiger partial charge in [0.15, 0.2) is 0 Å². The van der Waals surface area contributed by atoms with Crippen molar-refractivity contribution >= 4 is 27.3 Å². The zero-order valence-corrected chi connectivity index (χ0v) is 17.2. The van der Waals surface area contributed by atoms with Crippen molar-refractivity contribution in [2.24, 2.45) is 0 Å². The lowest BCUT2D eigenvalue weighted by molar-refractivity contribution is -0.117. The Kier molecular flexibility index (Phi) is 5.31. The highest BCUT2D eigenvalue weighted by Crippen LogP contribution is 2.29. The quantitative estimate of drug-likeness (QED) is 0.768. The predicted octanol–water partition coefficient (Wildman–Crippen LogP) is 2.77. The molecule has 2 aromatic carbocycles. The van der Waals surface area contributed by atoms with Gasteiger partial charge < -0.3 is 9.80 Å². The molecule has 1 amide bonds. The van der Waals surface area contributed by atoms with E-state index in [2.05, 4.69) is 4.90 Å². The summed E-state index contributed by atoms with van der Waals surface area (Å²) in [6, 6.07) is 11.2. The SMILES string of the molecule is Cc1cc(S(=O)(=O)N2CCN(c3ccc(F)cc3)CC2)ccc1N1CCCC1=O. The van der Waals surface area contributed by atoms with Crippen LogP contribution in [0.4, 0.5) is 15.8 Å². The second-order valence-electron chi connectivity index (χ2n) is 7.46. The standard InChI is InChI=1S/C21H24FN3O3S/c1-16-15-19(8-9-20(16)25-10-2-3-21(25)26)29(27,28)24-13-11-23(12-14-24)18-6-4-17(22)5-7-18/h4-9,15H,2-3,10-14H2,1H3. The van der Waals surface area contributed by atoms with Gasteiger partial charge in [0.2, 0.25) is 15.9 Å². The Balaban J connectivity index is 1.48. The highest BCUT2D eigenvalue weighted by atomic mass is 32.2. The monoisotopic (exact) mass is 417 g/mol. The van der Waals surface area contributed by atoms with E-state index in [1.165, 1.54) is 16.4 Å². The summed E-state index contributed by atoms with van der Waals surface area (Å²) >= 11 is 0. The van der Waals surface area contributed by atoms with Gasteiger partial charge in [0, 0.05) is 50.5 Å². The second-order valence-corrected chi connectivity index (χ2v) is 9.40. The van der Waals surface area contributed by atoms with E-state index in [0.717, 1.165) is 23.4 Å². The lowest BCUT2D eigenvalue weighted by Gasteiger charge is -2.35. The molecule has 0 bridgehead atoms. The van der Waals surface area contributed by atoms with Gasteiger partial charge in [0.25, 0.3) is 0 Å². The molecule has 0 radical (unpaired) electrons. The van der Waals surface area contributed by atoms with Crippen LogP contribution in [-0.2, 0) is 14.8 Å². The van der Waals surface area contributed by atoms with Crippen molar-refractivity contribution in [1.29, 1.82) is 0 Å². The smallest absolute Gasteiger partial charge is 0.243 e. The summed E-state index contributed by atoms with van der Waals surface area (Å²) in [5.74, 6) is -0.204. The fourth-order valence-electron chi connectivity index (χ4n) is 3.98. The molecule has 2 heterocycles. The topological polar surface area (TPSA) is 60.9 Å². The molecule has 2 aromatic rings. The van der Waals surface area contributed by atoms with E-state index in [9.17, 15) is 17.6 Å². The number of rotatable bonds is 4. The normalized spacial score (nSPS) is 18.5. The average Bonchev–Trinajstić information content (AvgIpc) is 3.14. The number of hydrogen-bond acceptors (Lipinski definition) is 4. The third-order valence-corrected chi connectivity index (χ3v) is 7.50. The van der Waals surface area contributed by atoms with Crippen LogP contribution >= 0.6 is 0 Å². The largest absolute Gasteiger partial charge is 0.369 e. The van der Waals surface area contributed by atoms with Crippen LogP contribution in [0.15, 0.2) is 47.4 Å². The maximum atomic E-state index is 13.1. The van der Waals surface area contributed by atoms with Crippen molar-refractivity contribution < 1.29 is 17.6 Å². The van der Waals surface area contributed by atoms with Crippen LogP contribution in [-0.4, -0.2) is 51.4 Å². The van der Waals surface area contributed by atoms with Crippen LogP contribution in [0.5, 0.6) is 0 Å². The number of carbonyl (C=O) groups excluding carboxylic acids is 1. The predicted molar refractivity (Wildman–Crippen MR) is 110 cm³/mol. The van der Waals surface area contributed by atoms with Crippen molar-refractivity contribution in [3.63, 3.8) is 0 Å². The first-order valence-electron chi connectivity index (χ1n) is 9.78. The number of hydrogen-bond donors (Lipinski definition) is 0. The van der Waals surface area contributed by atoms with E-state index in [0.29, 0.717) is 39.1 Å². The number of nitrogens with zero attached hydrogens (tertiary/aromatic N) is 3. The molecule has 0 spiro atoms. The van der Waals surface area contributed by atoms with Crippen LogP contribution in [0.2, 0.25) is 0 Å². The third-order valence-electron chi connectivity index (χ3n) is 5.60. The Labute approximate surface area is 170 Å². The zero-order valence-electron chi connectivity index (χ0n) is 16.3. The summed E-state index contributed by atoms with van der Waals surface area (Å²) in [5.41, 5.74) is 2.46. The molecular formula is C21H24FN3O3S. The molecule has 0 N–H and O–H groups in total. The number of sulfonamides is 1. The minimum atomic E-state index is -3.61. The molecule has 2 fully saturated rings. The van der Waals surface area contributed by atoms with Gasteiger partial charge in [-0.1, -0.05) is 0 Å². The Morgan fingerprint density at radius 2 is 1.62 bits per heavy atom. The molecule has 0 atom stereocenters. The molecule has 0 aromatic heterocycles. The molecule has 2 saturated heterocycles. The summed E-state index contributed by atoms with van der Waals surface area (Å²) in [4.78, 5) is 16.0. The first-order chi connectivity index (χ1) is 13.9. The lowest BCUT2D eigenvalue weighted by atomic mass is 10.2. The molecule has 0 saturated carbocycles. The number of halogens is 1. The number of piperazine rings is 1. The Morgan fingerprint density at radius 1 is 0.931 bits per heavy atom. The highest BCUT2D eigenvalue weighted by Gasteiger charge is 2.30. The third kappa shape index (κ3) is 3.86. The maximum Gasteiger partial charge on any atom is 0.243 e. The fraction of sp³-hybridized carbons (Fsp3) is 0.381. The number of carbonyl (C=O) groups is 1. The molecule has 6 nitrogen and oxygen atoms in total. The number of amides is 1. The van der Waals surface area contributed by atoms with E-state index in [1.807, 2.05) is 6.92 Å². The fourth-order valence-corrected chi connectivity index (χ4v) is 5.49.